The average Bonchev–Trinajstić information content (AvgIpc) is 2.42. The van der Waals surface area contributed by atoms with Crippen molar-refractivity contribution in [2.45, 2.75) is 6.92 Å². The molecule has 0 bridgehead atoms. The largest absolute Gasteiger partial charge is 0.397 e. The number of halogens is 1. The first-order valence-electron chi connectivity index (χ1n) is 6.30. The Morgan fingerprint density at radius 1 is 1.05 bits per heavy atom. The van der Waals surface area contributed by atoms with Crippen LogP contribution in [0.25, 0.3) is 10.8 Å². The molecular formula is C16H14BrN3. The standard InChI is InChI=1S/C16H14BrN3/c1-10-6-14(18)9-19-16(10)20-15-5-3-11-7-13(17)4-2-12(11)8-15/h2-9H,18H2,1H3,(H,19,20). The predicted molar refractivity (Wildman–Crippen MR) is 88.3 cm³/mol. The zero-order valence-electron chi connectivity index (χ0n) is 11.0. The molecule has 4 heteroatoms. The van der Waals surface area contributed by atoms with Crippen LogP contribution in [-0.2, 0) is 0 Å². The second-order valence-electron chi connectivity index (χ2n) is 4.77. The van der Waals surface area contributed by atoms with E-state index in [1.807, 2.05) is 25.1 Å². The molecule has 0 atom stereocenters. The molecule has 2 aromatic carbocycles. The lowest BCUT2D eigenvalue weighted by Crippen LogP contribution is -1.98. The zero-order valence-corrected chi connectivity index (χ0v) is 12.6. The van der Waals surface area contributed by atoms with Gasteiger partial charge in [-0.2, -0.15) is 0 Å². The summed E-state index contributed by atoms with van der Waals surface area (Å²) in [5, 5.41) is 5.72. The fourth-order valence-corrected chi connectivity index (χ4v) is 2.54. The van der Waals surface area contributed by atoms with Gasteiger partial charge < -0.3 is 11.1 Å². The number of pyridine rings is 1. The summed E-state index contributed by atoms with van der Waals surface area (Å²) < 4.78 is 1.08. The highest BCUT2D eigenvalue weighted by Crippen LogP contribution is 2.25. The van der Waals surface area contributed by atoms with Crippen LogP contribution in [0.15, 0.2) is 53.1 Å². The van der Waals surface area contributed by atoms with Crippen molar-refractivity contribution in [1.29, 1.82) is 0 Å². The fraction of sp³-hybridized carbons (Fsp3) is 0.0625. The van der Waals surface area contributed by atoms with Gasteiger partial charge in [-0.05, 0) is 53.6 Å². The first-order chi connectivity index (χ1) is 9.61. The normalized spacial score (nSPS) is 10.7. The number of fused-ring (bicyclic) bond motifs is 1. The quantitative estimate of drug-likeness (QED) is 0.721. The Hall–Kier alpha value is -2.07. The van der Waals surface area contributed by atoms with Gasteiger partial charge in [-0.1, -0.05) is 28.1 Å². The highest BCUT2D eigenvalue weighted by molar-refractivity contribution is 9.10. The molecule has 0 spiro atoms. The average molecular weight is 328 g/mol. The Bertz CT molecular complexity index is 784. The van der Waals surface area contributed by atoms with E-state index >= 15 is 0 Å². The molecule has 0 fully saturated rings. The summed E-state index contributed by atoms with van der Waals surface area (Å²) in [6, 6.07) is 14.4. The lowest BCUT2D eigenvalue weighted by Gasteiger charge is -2.10. The van der Waals surface area contributed by atoms with Crippen molar-refractivity contribution in [2.24, 2.45) is 0 Å². The number of benzene rings is 2. The van der Waals surface area contributed by atoms with Crippen LogP contribution in [0.5, 0.6) is 0 Å². The number of nitrogen functional groups attached to an aromatic ring is 1. The minimum absolute atomic E-state index is 0.677. The van der Waals surface area contributed by atoms with E-state index in [0.717, 1.165) is 21.5 Å². The van der Waals surface area contributed by atoms with Gasteiger partial charge >= 0.3 is 0 Å². The number of hydrogen-bond acceptors (Lipinski definition) is 3. The van der Waals surface area contributed by atoms with Gasteiger partial charge in [0.05, 0.1) is 11.9 Å². The van der Waals surface area contributed by atoms with E-state index in [9.17, 15) is 0 Å². The maximum atomic E-state index is 5.71. The highest BCUT2D eigenvalue weighted by Gasteiger charge is 2.02. The Morgan fingerprint density at radius 2 is 1.80 bits per heavy atom. The summed E-state index contributed by atoms with van der Waals surface area (Å²) in [6.07, 6.45) is 1.66. The minimum atomic E-state index is 0.677. The third-order valence-electron chi connectivity index (χ3n) is 3.16. The molecule has 0 aliphatic carbocycles. The summed E-state index contributed by atoms with van der Waals surface area (Å²) >= 11 is 3.48. The fourth-order valence-electron chi connectivity index (χ4n) is 2.16. The molecule has 1 heterocycles. The van der Waals surface area contributed by atoms with E-state index in [1.54, 1.807) is 6.20 Å². The molecule has 0 aliphatic heterocycles. The van der Waals surface area contributed by atoms with E-state index in [-0.39, 0.29) is 0 Å². The summed E-state index contributed by atoms with van der Waals surface area (Å²) in [7, 11) is 0. The summed E-state index contributed by atoms with van der Waals surface area (Å²) in [6.45, 7) is 1.99. The van der Waals surface area contributed by atoms with Crippen molar-refractivity contribution in [3.05, 3.63) is 58.7 Å². The van der Waals surface area contributed by atoms with Gasteiger partial charge in [-0.15, -0.1) is 0 Å². The van der Waals surface area contributed by atoms with Crippen LogP contribution in [0, 0.1) is 6.92 Å². The molecular weight excluding hydrogens is 314 g/mol. The maximum Gasteiger partial charge on any atom is 0.133 e. The maximum absolute atomic E-state index is 5.71. The van der Waals surface area contributed by atoms with Gasteiger partial charge in [0.15, 0.2) is 0 Å². The first kappa shape index (κ1) is 12.9. The van der Waals surface area contributed by atoms with Crippen LogP contribution in [0.3, 0.4) is 0 Å². The highest BCUT2D eigenvalue weighted by atomic mass is 79.9. The molecule has 0 aliphatic rings. The van der Waals surface area contributed by atoms with Crippen LogP contribution < -0.4 is 11.1 Å². The van der Waals surface area contributed by atoms with Crippen LogP contribution in [-0.4, -0.2) is 4.98 Å². The van der Waals surface area contributed by atoms with Gasteiger partial charge in [0.2, 0.25) is 0 Å². The molecule has 0 saturated heterocycles. The third kappa shape index (κ3) is 2.60. The summed E-state index contributed by atoms with van der Waals surface area (Å²) in [5.74, 6) is 0.829. The molecule has 3 N–H and O–H groups in total. The van der Waals surface area contributed by atoms with Crippen LogP contribution >= 0.6 is 15.9 Å². The van der Waals surface area contributed by atoms with E-state index in [4.69, 9.17) is 5.73 Å². The molecule has 0 unspecified atom stereocenters. The molecule has 3 aromatic rings. The number of hydrogen-bond donors (Lipinski definition) is 2. The third-order valence-corrected chi connectivity index (χ3v) is 3.66. The van der Waals surface area contributed by atoms with Crippen molar-refractivity contribution >= 4 is 43.9 Å². The number of nitrogens with two attached hydrogens (primary N) is 1. The molecule has 0 amide bonds. The minimum Gasteiger partial charge on any atom is -0.397 e. The first-order valence-corrected chi connectivity index (χ1v) is 7.09. The van der Waals surface area contributed by atoms with Crippen molar-refractivity contribution in [3.8, 4) is 0 Å². The Labute approximate surface area is 126 Å². The Balaban J connectivity index is 1.96. The lowest BCUT2D eigenvalue weighted by molar-refractivity contribution is 1.26. The van der Waals surface area contributed by atoms with E-state index in [2.05, 4.69) is 50.5 Å². The molecule has 3 nitrogen and oxygen atoms in total. The Morgan fingerprint density at radius 3 is 2.60 bits per heavy atom. The van der Waals surface area contributed by atoms with Gasteiger partial charge in [0, 0.05) is 10.2 Å². The molecule has 0 radical (unpaired) electrons. The molecule has 3 rings (SSSR count). The number of rotatable bonds is 2. The second-order valence-corrected chi connectivity index (χ2v) is 5.68. The van der Waals surface area contributed by atoms with Gasteiger partial charge in [-0.3, -0.25) is 0 Å². The summed E-state index contributed by atoms with van der Waals surface area (Å²) in [5.41, 5.74) is 8.43. The number of nitrogens with one attached hydrogen (secondary N) is 1. The Kier molecular flexibility index (Phi) is 3.32. The number of nitrogens with zero attached hydrogens (tertiary/aromatic N) is 1. The SMILES string of the molecule is Cc1cc(N)cnc1Nc1ccc2cc(Br)ccc2c1. The topological polar surface area (TPSA) is 50.9 Å². The van der Waals surface area contributed by atoms with Crippen LogP contribution in [0.2, 0.25) is 0 Å². The van der Waals surface area contributed by atoms with Gasteiger partial charge in [0.25, 0.3) is 0 Å². The van der Waals surface area contributed by atoms with Crippen molar-refractivity contribution in [3.63, 3.8) is 0 Å². The summed E-state index contributed by atoms with van der Waals surface area (Å²) in [4.78, 5) is 4.32. The lowest BCUT2D eigenvalue weighted by atomic mass is 10.1. The number of aryl methyl sites for hydroxylation is 1. The predicted octanol–water partition coefficient (Wildman–Crippen LogP) is 4.63. The van der Waals surface area contributed by atoms with Gasteiger partial charge in [0.1, 0.15) is 5.82 Å². The number of anilines is 3. The molecule has 20 heavy (non-hydrogen) atoms. The smallest absolute Gasteiger partial charge is 0.133 e. The van der Waals surface area contributed by atoms with Crippen LogP contribution in [0.4, 0.5) is 17.2 Å². The van der Waals surface area contributed by atoms with Crippen molar-refractivity contribution in [2.75, 3.05) is 11.1 Å². The molecule has 100 valence electrons. The number of aromatic nitrogens is 1. The molecule has 1 aromatic heterocycles. The van der Waals surface area contributed by atoms with Crippen molar-refractivity contribution in [1.82, 2.24) is 4.98 Å². The van der Waals surface area contributed by atoms with E-state index < -0.39 is 0 Å². The van der Waals surface area contributed by atoms with Crippen molar-refractivity contribution < 1.29 is 0 Å². The van der Waals surface area contributed by atoms with Crippen LogP contribution in [0.1, 0.15) is 5.56 Å². The van der Waals surface area contributed by atoms with E-state index in [0.29, 0.717) is 5.69 Å². The van der Waals surface area contributed by atoms with E-state index in [1.165, 1.54) is 10.8 Å². The second kappa shape index (κ2) is 5.13. The van der Waals surface area contributed by atoms with Gasteiger partial charge in [-0.25, -0.2) is 4.98 Å². The zero-order chi connectivity index (χ0) is 14.1. The molecule has 0 saturated carbocycles. The monoisotopic (exact) mass is 327 g/mol.